The molecule has 0 unspecified atom stereocenters. The van der Waals surface area contributed by atoms with Crippen LogP contribution in [0.25, 0.3) is 11.3 Å². The summed E-state index contributed by atoms with van der Waals surface area (Å²) >= 11 is 3.74. The minimum absolute atomic E-state index is 0.507. The van der Waals surface area contributed by atoms with Gasteiger partial charge in [0.1, 0.15) is 0 Å². The lowest BCUT2D eigenvalue weighted by Gasteiger charge is -2.22. The quantitative estimate of drug-likeness (QED) is 0.710. The van der Waals surface area contributed by atoms with E-state index >= 15 is 0 Å². The molecule has 0 radical (unpaired) electrons. The topological polar surface area (TPSA) is 41.6 Å². The highest BCUT2D eigenvalue weighted by molar-refractivity contribution is 9.10. The third-order valence-corrected chi connectivity index (χ3v) is 5.47. The van der Waals surface area contributed by atoms with E-state index in [1.54, 1.807) is 0 Å². The summed E-state index contributed by atoms with van der Waals surface area (Å²) in [5, 5.41) is 13.7. The van der Waals surface area contributed by atoms with Gasteiger partial charge in [-0.1, -0.05) is 49.6 Å². The summed E-state index contributed by atoms with van der Waals surface area (Å²) in [4.78, 5) is 0. The molecule has 0 atom stereocenters. The maximum atomic E-state index is 8.87. The summed E-state index contributed by atoms with van der Waals surface area (Å²) < 4.78 is 3.22. The van der Waals surface area contributed by atoms with Gasteiger partial charge in [-0.2, -0.15) is 10.4 Å². The van der Waals surface area contributed by atoms with Gasteiger partial charge in [-0.05, 0) is 34.7 Å². The Labute approximate surface area is 146 Å². The number of aromatic nitrogens is 2. The number of benzene rings is 1. The van der Waals surface area contributed by atoms with Crippen LogP contribution in [0.2, 0.25) is 0 Å². The van der Waals surface area contributed by atoms with E-state index in [0.29, 0.717) is 12.8 Å². The van der Waals surface area contributed by atoms with Crippen molar-refractivity contribution in [1.82, 2.24) is 9.78 Å². The predicted molar refractivity (Wildman–Crippen MR) is 95.9 cm³/mol. The molecule has 1 saturated carbocycles. The fourth-order valence-electron chi connectivity index (χ4n) is 3.44. The molecule has 120 valence electrons. The standard InChI is InChI=1S/C19H22BrN3/c20-18-17(12-7-13-21)22-23(14-15-8-3-1-4-9-15)19(18)16-10-5-2-6-11-16/h2,5-6,10-11,15H,1,3-4,7-9,12,14H2. The molecule has 2 aromatic rings. The number of hydrogen-bond acceptors (Lipinski definition) is 2. The second kappa shape index (κ2) is 7.79. The smallest absolute Gasteiger partial charge is 0.0827 e. The number of hydrogen-bond donors (Lipinski definition) is 0. The molecule has 0 amide bonds. The molecule has 1 aliphatic rings. The van der Waals surface area contributed by atoms with Crippen LogP contribution < -0.4 is 0 Å². The number of halogens is 1. The molecule has 1 aromatic carbocycles. The molecule has 1 heterocycles. The lowest BCUT2D eigenvalue weighted by Crippen LogP contribution is -2.16. The largest absolute Gasteiger partial charge is 0.263 e. The molecule has 3 nitrogen and oxygen atoms in total. The number of nitrogens with zero attached hydrogens (tertiary/aromatic N) is 3. The molecule has 23 heavy (non-hydrogen) atoms. The van der Waals surface area contributed by atoms with Crippen molar-refractivity contribution in [2.75, 3.05) is 0 Å². The second-order valence-corrected chi connectivity index (χ2v) is 7.11. The molecule has 1 aromatic heterocycles. The molecule has 3 rings (SSSR count). The van der Waals surface area contributed by atoms with Gasteiger partial charge in [0.15, 0.2) is 0 Å². The Morgan fingerprint density at radius 1 is 1.17 bits per heavy atom. The predicted octanol–water partition coefficient (Wildman–Crippen LogP) is 5.35. The van der Waals surface area contributed by atoms with Crippen LogP contribution in [0.5, 0.6) is 0 Å². The Balaban J connectivity index is 1.93. The van der Waals surface area contributed by atoms with Crippen LogP contribution >= 0.6 is 15.9 Å². The lowest BCUT2D eigenvalue weighted by atomic mass is 9.89. The monoisotopic (exact) mass is 371 g/mol. The second-order valence-electron chi connectivity index (χ2n) is 6.32. The van der Waals surface area contributed by atoms with Crippen LogP contribution in [0.4, 0.5) is 0 Å². The molecule has 1 aliphatic carbocycles. The number of nitriles is 1. The fourth-order valence-corrected chi connectivity index (χ4v) is 4.15. The minimum Gasteiger partial charge on any atom is -0.263 e. The fraction of sp³-hybridized carbons (Fsp3) is 0.474. The third kappa shape index (κ3) is 3.84. The van der Waals surface area contributed by atoms with Gasteiger partial charge >= 0.3 is 0 Å². The average molecular weight is 372 g/mol. The Morgan fingerprint density at radius 2 is 1.91 bits per heavy atom. The van der Waals surface area contributed by atoms with E-state index in [4.69, 9.17) is 10.4 Å². The summed E-state index contributed by atoms with van der Waals surface area (Å²) in [6, 6.07) is 12.7. The first kappa shape index (κ1) is 16.3. The van der Waals surface area contributed by atoms with E-state index < -0.39 is 0 Å². The Hall–Kier alpha value is -1.60. The van der Waals surface area contributed by atoms with Crippen LogP contribution in [0.15, 0.2) is 34.8 Å². The Kier molecular flexibility index (Phi) is 5.51. The van der Waals surface area contributed by atoms with Gasteiger partial charge in [0.25, 0.3) is 0 Å². The van der Waals surface area contributed by atoms with Gasteiger partial charge in [-0.25, -0.2) is 0 Å². The summed E-state index contributed by atoms with van der Waals surface area (Å²) in [7, 11) is 0. The zero-order chi connectivity index (χ0) is 16.1. The van der Waals surface area contributed by atoms with E-state index in [-0.39, 0.29) is 0 Å². The molecule has 1 fully saturated rings. The van der Waals surface area contributed by atoms with Gasteiger partial charge in [0, 0.05) is 24.9 Å². The zero-order valence-corrected chi connectivity index (χ0v) is 14.9. The van der Waals surface area contributed by atoms with Gasteiger partial charge < -0.3 is 0 Å². The highest BCUT2D eigenvalue weighted by Gasteiger charge is 2.21. The van der Waals surface area contributed by atoms with Crippen LogP contribution in [-0.2, 0) is 13.0 Å². The van der Waals surface area contributed by atoms with Crippen LogP contribution in [0, 0.1) is 17.2 Å². The van der Waals surface area contributed by atoms with Crippen molar-refractivity contribution in [3.8, 4) is 17.3 Å². The van der Waals surface area contributed by atoms with Gasteiger partial charge in [0.05, 0.1) is 21.9 Å². The van der Waals surface area contributed by atoms with Crippen molar-refractivity contribution >= 4 is 15.9 Å². The lowest BCUT2D eigenvalue weighted by molar-refractivity contribution is 0.309. The molecule has 0 spiro atoms. The maximum absolute atomic E-state index is 8.87. The average Bonchev–Trinajstić information content (AvgIpc) is 2.90. The molecule has 0 saturated heterocycles. The van der Waals surface area contributed by atoms with E-state index in [2.05, 4.69) is 50.9 Å². The SMILES string of the molecule is N#CCCc1nn(CC2CCCCC2)c(-c2ccccc2)c1Br. The van der Waals surface area contributed by atoms with Crippen molar-refractivity contribution in [2.45, 2.75) is 51.5 Å². The number of rotatable bonds is 5. The Bertz CT molecular complexity index is 679. The van der Waals surface area contributed by atoms with Gasteiger partial charge in [-0.3, -0.25) is 4.68 Å². The van der Waals surface area contributed by atoms with Crippen molar-refractivity contribution in [1.29, 1.82) is 5.26 Å². The highest BCUT2D eigenvalue weighted by Crippen LogP contribution is 2.34. The molecule has 4 heteroatoms. The van der Waals surface area contributed by atoms with E-state index in [1.165, 1.54) is 37.7 Å². The summed E-state index contributed by atoms with van der Waals surface area (Å²) in [6.45, 7) is 0.982. The van der Waals surface area contributed by atoms with E-state index in [1.807, 2.05) is 6.07 Å². The summed E-state index contributed by atoms with van der Waals surface area (Å²) in [5.41, 5.74) is 3.34. The first-order chi connectivity index (χ1) is 11.3. The van der Waals surface area contributed by atoms with E-state index in [9.17, 15) is 0 Å². The zero-order valence-electron chi connectivity index (χ0n) is 13.3. The molecular formula is C19H22BrN3. The molecule has 0 bridgehead atoms. The maximum Gasteiger partial charge on any atom is 0.0827 e. The van der Waals surface area contributed by atoms with Crippen LogP contribution in [0.3, 0.4) is 0 Å². The first-order valence-corrected chi connectivity index (χ1v) is 9.26. The van der Waals surface area contributed by atoms with Crippen molar-refractivity contribution in [2.24, 2.45) is 5.92 Å². The van der Waals surface area contributed by atoms with Crippen molar-refractivity contribution in [3.63, 3.8) is 0 Å². The molecule has 0 aliphatic heterocycles. The van der Waals surface area contributed by atoms with Crippen molar-refractivity contribution in [3.05, 3.63) is 40.5 Å². The third-order valence-electron chi connectivity index (χ3n) is 4.64. The van der Waals surface area contributed by atoms with Crippen LogP contribution in [-0.4, -0.2) is 9.78 Å². The van der Waals surface area contributed by atoms with E-state index in [0.717, 1.165) is 28.3 Å². The van der Waals surface area contributed by atoms with Gasteiger partial charge in [0.2, 0.25) is 0 Å². The summed E-state index contributed by atoms with van der Waals surface area (Å²) in [6.07, 6.45) is 7.88. The summed E-state index contributed by atoms with van der Waals surface area (Å²) in [5.74, 6) is 0.724. The van der Waals surface area contributed by atoms with Gasteiger partial charge in [-0.15, -0.1) is 0 Å². The molecule has 0 N–H and O–H groups in total. The normalized spacial score (nSPS) is 15.5. The molecular weight excluding hydrogens is 350 g/mol. The van der Waals surface area contributed by atoms with Crippen LogP contribution in [0.1, 0.15) is 44.2 Å². The minimum atomic E-state index is 0.507. The van der Waals surface area contributed by atoms with Crippen molar-refractivity contribution < 1.29 is 0 Å². The number of aryl methyl sites for hydroxylation is 1. The first-order valence-electron chi connectivity index (χ1n) is 8.47. The highest BCUT2D eigenvalue weighted by atomic mass is 79.9. The Morgan fingerprint density at radius 3 is 2.61 bits per heavy atom.